The zero-order valence-corrected chi connectivity index (χ0v) is 23.1. The molecule has 0 spiro atoms. The summed E-state index contributed by atoms with van der Waals surface area (Å²) in [5.41, 5.74) is 9.63. The number of ether oxygens (including phenoxy) is 2. The molecule has 2 aromatic carbocycles. The zero-order valence-electron chi connectivity index (χ0n) is 20.0. The van der Waals surface area contributed by atoms with Crippen LogP contribution in [0.25, 0.3) is 22.8 Å². The van der Waals surface area contributed by atoms with Crippen LogP contribution in [0.1, 0.15) is 34.6 Å². The molecule has 4 N–H and O–H groups in total. The lowest BCUT2D eigenvalue weighted by Crippen LogP contribution is -2.39. The van der Waals surface area contributed by atoms with E-state index in [4.69, 9.17) is 43.8 Å². The molecular formula is C27H23Cl2N2O4S2+. The van der Waals surface area contributed by atoms with Gasteiger partial charge in [0.05, 0.1) is 13.2 Å². The quantitative estimate of drug-likeness (QED) is 0.349. The van der Waals surface area contributed by atoms with E-state index in [2.05, 4.69) is 0 Å². The lowest BCUT2D eigenvalue weighted by molar-refractivity contribution is -0.139. The molecule has 1 aromatic heterocycles. The Kier molecular flexibility index (Phi) is 8.44. The van der Waals surface area contributed by atoms with E-state index < -0.39 is 11.9 Å². The summed E-state index contributed by atoms with van der Waals surface area (Å²) in [4.78, 5) is 27.2. The fourth-order valence-corrected chi connectivity index (χ4v) is 6.25. The van der Waals surface area contributed by atoms with Gasteiger partial charge in [0.15, 0.2) is 0 Å². The van der Waals surface area contributed by atoms with Gasteiger partial charge in [-0.15, -0.1) is 11.3 Å². The van der Waals surface area contributed by atoms with Gasteiger partial charge in [0.2, 0.25) is 0 Å². The third-order valence-corrected chi connectivity index (χ3v) is 7.85. The molecule has 6 nitrogen and oxygen atoms in total. The van der Waals surface area contributed by atoms with Crippen molar-refractivity contribution < 1.29 is 24.5 Å². The number of carbonyl (C=O) groups excluding carboxylic acids is 2. The Balaban J connectivity index is 1.96. The molecule has 1 aliphatic heterocycles. The first-order valence-corrected chi connectivity index (χ1v) is 13.7. The lowest BCUT2D eigenvalue weighted by atomic mass is 9.97. The summed E-state index contributed by atoms with van der Waals surface area (Å²) >= 11 is 14.7. The number of nitrogens with two attached hydrogens (primary N) is 2. The molecule has 0 atom stereocenters. The number of halogens is 2. The third-order valence-electron chi connectivity index (χ3n) is 5.41. The van der Waals surface area contributed by atoms with E-state index in [0.29, 0.717) is 41.0 Å². The minimum Gasteiger partial charge on any atom is -0.462 e. The molecule has 0 saturated heterocycles. The number of nitrogen functional groups attached to an aromatic ring is 1. The van der Waals surface area contributed by atoms with E-state index >= 15 is 0 Å². The van der Waals surface area contributed by atoms with Gasteiger partial charge in [0.1, 0.15) is 16.1 Å². The second-order valence-electron chi connectivity index (χ2n) is 7.76. The number of rotatable bonds is 7. The van der Waals surface area contributed by atoms with Crippen molar-refractivity contribution in [1.29, 1.82) is 0 Å². The van der Waals surface area contributed by atoms with Crippen LogP contribution in [-0.4, -0.2) is 30.2 Å². The maximum atomic E-state index is 12.9. The van der Waals surface area contributed by atoms with Crippen LogP contribution in [0.15, 0.2) is 59.0 Å². The Morgan fingerprint density at radius 1 is 0.919 bits per heavy atom. The van der Waals surface area contributed by atoms with Crippen molar-refractivity contribution in [2.45, 2.75) is 13.8 Å². The van der Waals surface area contributed by atoms with Crippen molar-refractivity contribution in [3.8, 4) is 11.1 Å². The maximum Gasteiger partial charge on any atom is 0.346 e. The monoisotopic (exact) mass is 573 g/mol. The minimum absolute atomic E-state index is 0.207. The number of esters is 2. The van der Waals surface area contributed by atoms with Gasteiger partial charge in [-0.1, -0.05) is 47.5 Å². The van der Waals surface area contributed by atoms with Crippen molar-refractivity contribution in [2.24, 2.45) is 0 Å². The average Bonchev–Trinajstić information content (AvgIpc) is 3.36. The molecule has 0 fully saturated rings. The van der Waals surface area contributed by atoms with Crippen LogP contribution in [0.2, 0.25) is 10.0 Å². The summed E-state index contributed by atoms with van der Waals surface area (Å²) in [7, 11) is 0. The average molecular weight is 575 g/mol. The van der Waals surface area contributed by atoms with Crippen molar-refractivity contribution in [3.05, 3.63) is 85.1 Å². The number of carbonyl (C=O) groups is 2. The van der Waals surface area contributed by atoms with Gasteiger partial charge >= 0.3 is 11.9 Å². The summed E-state index contributed by atoms with van der Waals surface area (Å²) in [6, 6.07) is 14.2. The van der Waals surface area contributed by atoms with E-state index in [1.165, 1.54) is 23.1 Å². The first kappa shape index (κ1) is 27.0. The van der Waals surface area contributed by atoms with E-state index in [1.807, 2.05) is 30.3 Å². The number of hydrogen-bond donors (Lipinski definition) is 2. The summed E-state index contributed by atoms with van der Waals surface area (Å²) < 4.78 is 10.6. The van der Waals surface area contributed by atoms with Gasteiger partial charge in [0.25, 0.3) is 5.04 Å². The van der Waals surface area contributed by atoms with Crippen LogP contribution in [0, 0.1) is 0 Å². The molecule has 10 heteroatoms. The molecule has 0 amide bonds. The van der Waals surface area contributed by atoms with E-state index in [9.17, 15) is 9.59 Å². The first-order chi connectivity index (χ1) is 17.7. The predicted octanol–water partition coefficient (Wildman–Crippen LogP) is 5.74. The van der Waals surface area contributed by atoms with E-state index in [-0.39, 0.29) is 24.4 Å². The molecule has 0 saturated carbocycles. The Morgan fingerprint density at radius 3 is 2.03 bits per heavy atom. The Morgan fingerprint density at radius 2 is 1.46 bits per heavy atom. The Labute approximate surface area is 232 Å². The number of anilines is 1. The van der Waals surface area contributed by atoms with Crippen molar-refractivity contribution in [3.63, 3.8) is 0 Å². The number of benzene rings is 2. The van der Waals surface area contributed by atoms with Crippen LogP contribution in [0.4, 0.5) is 5.00 Å². The fraction of sp³-hybridized carbons (Fsp3) is 0.148. The second-order valence-corrected chi connectivity index (χ2v) is 10.8. The van der Waals surface area contributed by atoms with Crippen molar-refractivity contribution in [2.75, 3.05) is 18.9 Å². The predicted molar refractivity (Wildman–Crippen MR) is 153 cm³/mol. The highest BCUT2D eigenvalue weighted by Gasteiger charge is 2.37. The molecule has 1 aliphatic rings. The zero-order chi connectivity index (χ0) is 26.7. The summed E-state index contributed by atoms with van der Waals surface area (Å²) in [5.74, 6) is -1.03. The molecule has 0 aliphatic carbocycles. The number of thioether (sulfide) groups is 1. The topological polar surface area (TPSA) is 104 Å². The highest BCUT2D eigenvalue weighted by atomic mass is 35.5. The van der Waals surface area contributed by atoms with Crippen molar-refractivity contribution >= 4 is 79.9 Å². The van der Waals surface area contributed by atoms with Gasteiger partial charge in [-0.25, -0.2) is 15.0 Å². The molecular weight excluding hydrogens is 551 g/mol. The van der Waals surface area contributed by atoms with Crippen LogP contribution in [0.3, 0.4) is 0 Å². The minimum atomic E-state index is -0.517. The van der Waals surface area contributed by atoms with E-state index in [0.717, 1.165) is 11.1 Å². The van der Waals surface area contributed by atoms with E-state index in [1.54, 1.807) is 38.1 Å². The van der Waals surface area contributed by atoms with Gasteiger partial charge in [-0.05, 0) is 67.1 Å². The molecule has 0 bridgehead atoms. The third kappa shape index (κ3) is 5.62. The van der Waals surface area contributed by atoms with Crippen LogP contribution in [-0.2, 0) is 14.3 Å². The van der Waals surface area contributed by atoms with Crippen LogP contribution < -0.4 is 11.1 Å². The first-order valence-electron chi connectivity index (χ1n) is 11.3. The molecule has 190 valence electrons. The largest absolute Gasteiger partial charge is 0.462 e. The van der Waals surface area contributed by atoms with Crippen LogP contribution >= 0.6 is 46.3 Å². The second kappa shape index (κ2) is 11.6. The smallest absolute Gasteiger partial charge is 0.346 e. The Hall–Kier alpha value is -3.04. The number of hydrogen-bond acceptors (Lipinski definition) is 7. The maximum absolute atomic E-state index is 12.9. The molecule has 3 aromatic rings. The normalized spacial score (nSPS) is 14.4. The highest BCUT2D eigenvalue weighted by molar-refractivity contribution is 8.18. The van der Waals surface area contributed by atoms with Crippen LogP contribution in [0.5, 0.6) is 0 Å². The van der Waals surface area contributed by atoms with Gasteiger partial charge in [-0.3, -0.25) is 0 Å². The Bertz CT molecular complexity index is 1440. The SMILES string of the molecule is CCOC(=O)C1=C(c2ccc(Cl)cc2)C(=Cc2sc(N)c(C(=O)OCC)c2-c2ccc(Cl)cc2)SC1=[NH2+]. The highest BCUT2D eigenvalue weighted by Crippen LogP contribution is 2.47. The summed E-state index contributed by atoms with van der Waals surface area (Å²) in [5, 5.41) is 8.10. The van der Waals surface area contributed by atoms with Gasteiger partial charge in [0, 0.05) is 31.0 Å². The standard InChI is InChI=1S/C27H22Cl2N2O4S2/c1-3-34-26(32)22-20(14-5-9-16(28)10-6-14)18(36-24(22)30)13-19-21(15-7-11-17(29)12-8-15)23(25(31)37-19)27(33)35-4-2/h5-13,30H,3-4,31H2,1-2H3/p+1. The molecule has 2 heterocycles. The number of allylic oxidation sites excluding steroid dienone is 1. The van der Waals surface area contributed by atoms with Crippen molar-refractivity contribution in [1.82, 2.24) is 0 Å². The molecule has 0 unspecified atom stereocenters. The van der Waals surface area contributed by atoms with Gasteiger partial charge in [-0.2, -0.15) is 0 Å². The molecule has 4 rings (SSSR count). The lowest BCUT2D eigenvalue weighted by Gasteiger charge is -2.09. The number of thiophene rings is 1. The van der Waals surface area contributed by atoms with Gasteiger partial charge < -0.3 is 15.2 Å². The summed E-state index contributed by atoms with van der Waals surface area (Å²) in [6.07, 6.45) is 1.88. The summed E-state index contributed by atoms with van der Waals surface area (Å²) in [6.45, 7) is 3.88. The fourth-order valence-electron chi connectivity index (χ4n) is 3.87. The molecule has 0 radical (unpaired) electrons. The molecule has 37 heavy (non-hydrogen) atoms.